The van der Waals surface area contributed by atoms with Gasteiger partial charge in [0, 0.05) is 35.7 Å². The third-order valence-corrected chi connectivity index (χ3v) is 6.34. The van der Waals surface area contributed by atoms with E-state index in [2.05, 4.69) is 10.3 Å². The third-order valence-electron chi connectivity index (χ3n) is 5.04. The largest absolute Gasteiger partial charge is 0.489 e. The SMILES string of the molecule is CNC(=O)c1c(-c2ccc(F)cc2)oc2cc(N(CS(C)(=O)=O)c3cscn3)c(OC(C)C)cc12. The molecule has 11 heteroatoms. The molecule has 184 valence electrons. The maximum atomic E-state index is 13.5. The number of hydrogen-bond acceptors (Lipinski definition) is 8. The summed E-state index contributed by atoms with van der Waals surface area (Å²) in [6, 6.07) is 8.91. The van der Waals surface area contributed by atoms with E-state index in [9.17, 15) is 17.6 Å². The van der Waals surface area contributed by atoms with Crippen LogP contribution in [0.2, 0.25) is 0 Å². The molecule has 35 heavy (non-hydrogen) atoms. The van der Waals surface area contributed by atoms with E-state index in [0.717, 1.165) is 6.26 Å². The summed E-state index contributed by atoms with van der Waals surface area (Å²) in [5.41, 5.74) is 3.14. The van der Waals surface area contributed by atoms with E-state index in [4.69, 9.17) is 9.15 Å². The molecule has 4 aromatic rings. The molecule has 2 aromatic carbocycles. The fourth-order valence-corrected chi connectivity index (χ4v) is 4.94. The van der Waals surface area contributed by atoms with Crippen LogP contribution in [0.15, 0.2) is 51.7 Å². The number of hydrogen-bond donors (Lipinski definition) is 1. The average molecular weight is 518 g/mol. The minimum Gasteiger partial charge on any atom is -0.489 e. The van der Waals surface area contributed by atoms with Gasteiger partial charge in [0.15, 0.2) is 9.84 Å². The predicted octanol–water partition coefficient (Wildman–Crippen LogP) is 4.98. The smallest absolute Gasteiger partial charge is 0.255 e. The molecule has 0 saturated carbocycles. The number of furan rings is 1. The number of nitrogens with zero attached hydrogens (tertiary/aromatic N) is 2. The summed E-state index contributed by atoms with van der Waals surface area (Å²) in [4.78, 5) is 18.7. The van der Waals surface area contributed by atoms with Crippen LogP contribution in [0.1, 0.15) is 24.2 Å². The van der Waals surface area contributed by atoms with Crippen LogP contribution in [-0.4, -0.2) is 44.6 Å². The molecule has 2 aromatic heterocycles. The number of sulfone groups is 1. The summed E-state index contributed by atoms with van der Waals surface area (Å²) >= 11 is 1.33. The van der Waals surface area contributed by atoms with Gasteiger partial charge < -0.3 is 19.4 Å². The Labute approximate surface area is 206 Å². The highest BCUT2D eigenvalue weighted by atomic mass is 32.2. The zero-order valence-corrected chi connectivity index (χ0v) is 21.2. The van der Waals surface area contributed by atoms with Crippen molar-refractivity contribution in [2.24, 2.45) is 0 Å². The number of rotatable bonds is 8. The Balaban J connectivity index is 2.01. The van der Waals surface area contributed by atoms with Crippen molar-refractivity contribution in [2.75, 3.05) is 24.1 Å². The highest BCUT2D eigenvalue weighted by Gasteiger charge is 2.27. The zero-order chi connectivity index (χ0) is 25.3. The highest BCUT2D eigenvalue weighted by molar-refractivity contribution is 7.90. The second-order valence-corrected chi connectivity index (χ2v) is 11.0. The molecule has 0 aliphatic rings. The lowest BCUT2D eigenvalue weighted by molar-refractivity contribution is 0.0964. The molecule has 0 radical (unpaired) electrons. The van der Waals surface area contributed by atoms with Crippen molar-refractivity contribution in [3.05, 3.63) is 58.7 Å². The highest BCUT2D eigenvalue weighted by Crippen LogP contribution is 2.42. The zero-order valence-electron chi connectivity index (χ0n) is 19.5. The third kappa shape index (κ3) is 5.30. The van der Waals surface area contributed by atoms with Crippen molar-refractivity contribution in [1.29, 1.82) is 0 Å². The van der Waals surface area contributed by atoms with E-state index in [-0.39, 0.29) is 29.2 Å². The minimum absolute atomic E-state index is 0.242. The molecule has 1 amide bonds. The molecule has 0 aliphatic heterocycles. The quantitative estimate of drug-likeness (QED) is 0.352. The van der Waals surface area contributed by atoms with Crippen LogP contribution in [0.4, 0.5) is 15.9 Å². The number of aromatic nitrogens is 1. The predicted molar refractivity (Wildman–Crippen MR) is 135 cm³/mol. The van der Waals surface area contributed by atoms with Gasteiger partial charge in [-0.25, -0.2) is 17.8 Å². The van der Waals surface area contributed by atoms with Gasteiger partial charge in [0.05, 0.1) is 22.9 Å². The first-order valence-electron chi connectivity index (χ1n) is 10.7. The van der Waals surface area contributed by atoms with Gasteiger partial charge in [0.1, 0.15) is 34.6 Å². The molecule has 4 rings (SSSR count). The Morgan fingerprint density at radius 1 is 1.26 bits per heavy atom. The summed E-state index contributed by atoms with van der Waals surface area (Å²) in [6.07, 6.45) is 0.894. The van der Waals surface area contributed by atoms with E-state index in [1.54, 1.807) is 23.0 Å². The van der Waals surface area contributed by atoms with Crippen LogP contribution >= 0.6 is 11.3 Å². The number of nitrogens with one attached hydrogen (secondary N) is 1. The van der Waals surface area contributed by atoms with E-state index < -0.39 is 15.7 Å². The van der Waals surface area contributed by atoms with Gasteiger partial charge in [0.25, 0.3) is 5.91 Å². The molecule has 0 bridgehead atoms. The van der Waals surface area contributed by atoms with Crippen molar-refractivity contribution < 1.29 is 26.8 Å². The Morgan fingerprint density at radius 2 is 1.97 bits per heavy atom. The lowest BCUT2D eigenvalue weighted by Crippen LogP contribution is -2.26. The molecular weight excluding hydrogens is 493 g/mol. The number of benzene rings is 2. The minimum atomic E-state index is -3.46. The summed E-state index contributed by atoms with van der Waals surface area (Å²) < 4.78 is 50.3. The molecule has 1 N–H and O–H groups in total. The van der Waals surface area contributed by atoms with Crippen molar-refractivity contribution in [3.63, 3.8) is 0 Å². The summed E-state index contributed by atoms with van der Waals surface area (Å²) in [6.45, 7) is 3.69. The van der Waals surface area contributed by atoms with Gasteiger partial charge in [-0.3, -0.25) is 4.79 Å². The first kappa shape index (κ1) is 24.7. The van der Waals surface area contributed by atoms with Crippen LogP contribution in [-0.2, 0) is 9.84 Å². The van der Waals surface area contributed by atoms with Crippen LogP contribution in [0.5, 0.6) is 5.75 Å². The van der Waals surface area contributed by atoms with E-state index in [0.29, 0.717) is 33.8 Å². The normalized spacial score (nSPS) is 11.7. The van der Waals surface area contributed by atoms with E-state index >= 15 is 0 Å². The number of fused-ring (bicyclic) bond motifs is 1. The van der Waals surface area contributed by atoms with Gasteiger partial charge in [0.2, 0.25) is 0 Å². The second-order valence-electron chi connectivity index (χ2n) is 8.20. The van der Waals surface area contributed by atoms with E-state index in [1.807, 2.05) is 13.8 Å². The molecular formula is C24H24FN3O5S2. The number of halogens is 1. The number of anilines is 2. The van der Waals surface area contributed by atoms with Crippen molar-refractivity contribution >= 4 is 49.6 Å². The lowest BCUT2D eigenvalue weighted by atomic mass is 10.0. The van der Waals surface area contributed by atoms with Gasteiger partial charge in [-0.1, -0.05) is 0 Å². The lowest BCUT2D eigenvalue weighted by Gasteiger charge is -2.25. The summed E-state index contributed by atoms with van der Waals surface area (Å²) in [7, 11) is -1.95. The Bertz CT molecular complexity index is 1460. The van der Waals surface area contributed by atoms with E-state index in [1.165, 1.54) is 47.5 Å². The number of carbonyl (C=O) groups is 1. The van der Waals surface area contributed by atoms with Gasteiger partial charge >= 0.3 is 0 Å². The molecule has 0 spiro atoms. The molecule has 8 nitrogen and oxygen atoms in total. The topological polar surface area (TPSA) is 102 Å². The van der Waals surface area contributed by atoms with Crippen LogP contribution in [0.3, 0.4) is 0 Å². The van der Waals surface area contributed by atoms with Gasteiger partial charge in [-0.05, 0) is 44.2 Å². The Kier molecular flexibility index (Phi) is 6.82. The Morgan fingerprint density at radius 3 is 2.54 bits per heavy atom. The molecule has 2 heterocycles. The number of carbonyl (C=O) groups excluding carboxylic acids is 1. The van der Waals surface area contributed by atoms with Crippen molar-refractivity contribution in [1.82, 2.24) is 10.3 Å². The first-order chi connectivity index (χ1) is 16.6. The maximum Gasteiger partial charge on any atom is 0.255 e. The summed E-state index contributed by atoms with van der Waals surface area (Å²) in [5, 5.41) is 4.83. The molecule has 0 fully saturated rings. The number of ether oxygens (including phenoxy) is 1. The molecule has 0 aliphatic carbocycles. The maximum absolute atomic E-state index is 13.5. The van der Waals surface area contributed by atoms with Crippen LogP contribution in [0.25, 0.3) is 22.3 Å². The van der Waals surface area contributed by atoms with Crippen LogP contribution in [0, 0.1) is 5.82 Å². The van der Waals surface area contributed by atoms with Crippen molar-refractivity contribution in [2.45, 2.75) is 20.0 Å². The van der Waals surface area contributed by atoms with Gasteiger partial charge in [-0.2, -0.15) is 0 Å². The fourth-order valence-electron chi connectivity index (χ4n) is 3.66. The van der Waals surface area contributed by atoms with Gasteiger partial charge in [-0.15, -0.1) is 11.3 Å². The monoisotopic (exact) mass is 517 g/mol. The molecule has 0 unspecified atom stereocenters. The second kappa shape index (κ2) is 9.67. The van der Waals surface area contributed by atoms with Crippen molar-refractivity contribution in [3.8, 4) is 17.1 Å². The standard InChI is InChI=1S/C24H24FN3O5S2/c1-14(2)32-20-9-17-19(10-18(20)28(13-35(4,30)31)21-11-34-12-27-21)33-23(22(17)24(29)26-3)15-5-7-16(25)8-6-15/h5-12,14H,13H2,1-4H3,(H,26,29). The first-order valence-corrected chi connectivity index (χ1v) is 13.7. The van der Waals surface area contributed by atoms with Crippen LogP contribution < -0.4 is 15.0 Å². The molecule has 0 atom stereocenters. The fraction of sp³-hybridized carbons (Fsp3) is 0.250. The average Bonchev–Trinajstić information content (AvgIpc) is 3.44. The number of amides is 1. The number of thiazole rings is 1. The molecule has 0 saturated heterocycles. The summed E-state index contributed by atoms with van der Waals surface area (Å²) in [5.74, 6) is -0.0918. The Hall–Kier alpha value is -3.44.